The predicted octanol–water partition coefficient (Wildman–Crippen LogP) is 1.69. The Morgan fingerprint density at radius 3 is 2.00 bits per heavy atom. The van der Waals surface area contributed by atoms with E-state index in [4.69, 9.17) is 4.74 Å². The third-order valence-corrected chi connectivity index (χ3v) is 10.3. The van der Waals surface area contributed by atoms with E-state index in [-0.39, 0.29) is 40.8 Å². The molecule has 2 heterocycles. The fourth-order valence-electron chi connectivity index (χ4n) is 3.67. The molecule has 1 aromatic heterocycles. The number of sulfonamides is 2. The Balaban J connectivity index is 1.56. The van der Waals surface area contributed by atoms with E-state index in [1.54, 1.807) is 25.2 Å². The summed E-state index contributed by atoms with van der Waals surface area (Å²) in [6, 6.07) is 10.7. The highest BCUT2D eigenvalue weighted by molar-refractivity contribution is 7.89. The van der Waals surface area contributed by atoms with Gasteiger partial charge in [0.25, 0.3) is 0 Å². The fraction of sp³-hybridized carbons (Fsp3) is 0.350. The first-order valence-electron chi connectivity index (χ1n) is 9.88. The van der Waals surface area contributed by atoms with Crippen LogP contribution in [0.5, 0.6) is 5.75 Å². The first-order chi connectivity index (χ1) is 15.1. The Kier molecular flexibility index (Phi) is 6.16. The lowest BCUT2D eigenvalue weighted by atomic mass is 10.3. The number of ether oxygens (including phenoxy) is 1. The number of hydrogen-bond donors (Lipinski definition) is 0. The number of methoxy groups -OCH3 is 1. The van der Waals surface area contributed by atoms with Crippen LogP contribution in [0.2, 0.25) is 0 Å². The number of hydrogen-bond acceptors (Lipinski definition) is 7. The fourth-order valence-corrected chi connectivity index (χ4v) is 7.63. The molecule has 172 valence electrons. The number of aryl methyl sites for hydroxylation is 1. The van der Waals surface area contributed by atoms with Gasteiger partial charge in [-0.2, -0.15) is 8.61 Å². The smallest absolute Gasteiger partial charge is 0.307 e. The number of rotatable bonds is 5. The molecular formula is C20H23N3O6S3. The lowest BCUT2D eigenvalue weighted by molar-refractivity contribution is 0.404. The van der Waals surface area contributed by atoms with Crippen molar-refractivity contribution in [1.82, 2.24) is 13.2 Å². The molecule has 3 aromatic rings. The van der Waals surface area contributed by atoms with Crippen molar-refractivity contribution in [3.63, 3.8) is 0 Å². The summed E-state index contributed by atoms with van der Waals surface area (Å²) in [4.78, 5) is 12.0. The second-order valence-electron chi connectivity index (χ2n) is 7.39. The number of thiazole rings is 1. The van der Waals surface area contributed by atoms with Crippen LogP contribution in [0, 0.1) is 0 Å². The minimum absolute atomic E-state index is 0.0424. The number of nitrogens with zero attached hydrogens (tertiary/aromatic N) is 3. The molecule has 0 unspecified atom stereocenters. The van der Waals surface area contributed by atoms with Crippen molar-refractivity contribution in [2.75, 3.05) is 33.3 Å². The van der Waals surface area contributed by atoms with Crippen LogP contribution >= 0.6 is 11.3 Å². The van der Waals surface area contributed by atoms with Gasteiger partial charge in [-0.1, -0.05) is 11.3 Å². The second-order valence-corrected chi connectivity index (χ2v) is 12.3. The van der Waals surface area contributed by atoms with E-state index in [1.165, 1.54) is 44.6 Å². The molecule has 9 nitrogen and oxygen atoms in total. The van der Waals surface area contributed by atoms with Crippen LogP contribution in [-0.2, 0) is 27.1 Å². The van der Waals surface area contributed by atoms with E-state index in [2.05, 4.69) is 0 Å². The Labute approximate surface area is 190 Å². The van der Waals surface area contributed by atoms with Gasteiger partial charge in [0.15, 0.2) is 0 Å². The summed E-state index contributed by atoms with van der Waals surface area (Å²) < 4.78 is 62.3. The summed E-state index contributed by atoms with van der Waals surface area (Å²) in [5, 5.41) is 0. The van der Waals surface area contributed by atoms with Crippen molar-refractivity contribution >= 4 is 41.6 Å². The van der Waals surface area contributed by atoms with Crippen LogP contribution in [0.15, 0.2) is 57.1 Å². The minimum atomic E-state index is -3.83. The highest BCUT2D eigenvalue weighted by Crippen LogP contribution is 2.26. The summed E-state index contributed by atoms with van der Waals surface area (Å²) in [5.74, 6) is 0.553. The normalized spacial score (nSPS) is 16.8. The average molecular weight is 498 g/mol. The zero-order valence-corrected chi connectivity index (χ0v) is 20.0. The summed E-state index contributed by atoms with van der Waals surface area (Å²) in [6.07, 6.45) is 0.371. The van der Waals surface area contributed by atoms with Crippen LogP contribution in [-0.4, -0.2) is 63.3 Å². The molecule has 4 rings (SSSR count). The highest BCUT2D eigenvalue weighted by Gasteiger charge is 2.32. The van der Waals surface area contributed by atoms with Gasteiger partial charge in [0, 0.05) is 33.2 Å². The van der Waals surface area contributed by atoms with Crippen LogP contribution in [0.1, 0.15) is 6.42 Å². The largest absolute Gasteiger partial charge is 0.497 e. The van der Waals surface area contributed by atoms with Gasteiger partial charge in [-0.15, -0.1) is 0 Å². The summed E-state index contributed by atoms with van der Waals surface area (Å²) in [5.41, 5.74) is 0.673. The molecule has 0 atom stereocenters. The van der Waals surface area contributed by atoms with Crippen molar-refractivity contribution in [2.45, 2.75) is 16.2 Å². The number of fused-ring (bicyclic) bond motifs is 1. The molecular weight excluding hydrogens is 474 g/mol. The lowest BCUT2D eigenvalue weighted by Crippen LogP contribution is -2.37. The van der Waals surface area contributed by atoms with Crippen molar-refractivity contribution in [3.8, 4) is 5.75 Å². The molecule has 0 aliphatic carbocycles. The molecule has 32 heavy (non-hydrogen) atoms. The maximum atomic E-state index is 13.2. The van der Waals surface area contributed by atoms with Gasteiger partial charge in [-0.05, 0) is 48.9 Å². The van der Waals surface area contributed by atoms with E-state index >= 15 is 0 Å². The molecule has 1 saturated heterocycles. The third kappa shape index (κ3) is 4.08. The standard InChI is InChI=1S/C20H23N3O6S3/c1-21-18-9-8-17(14-19(18)30-20(21)24)32(27,28)23-11-3-10-22(12-13-23)31(25,26)16-6-4-15(29-2)5-7-16/h4-9,14H,3,10-13H2,1-2H3. The van der Waals surface area contributed by atoms with E-state index in [0.29, 0.717) is 22.4 Å². The van der Waals surface area contributed by atoms with Gasteiger partial charge < -0.3 is 9.30 Å². The first kappa shape index (κ1) is 22.9. The molecule has 0 amide bonds. The number of aromatic nitrogens is 1. The van der Waals surface area contributed by atoms with E-state index in [0.717, 1.165) is 11.3 Å². The van der Waals surface area contributed by atoms with Gasteiger partial charge in [-0.25, -0.2) is 16.8 Å². The molecule has 1 aliphatic rings. The molecule has 0 saturated carbocycles. The predicted molar refractivity (Wildman–Crippen MR) is 122 cm³/mol. The van der Waals surface area contributed by atoms with Gasteiger partial charge in [-0.3, -0.25) is 4.79 Å². The zero-order chi connectivity index (χ0) is 23.1. The molecule has 12 heteroatoms. The van der Waals surface area contributed by atoms with Crippen LogP contribution < -0.4 is 9.61 Å². The maximum absolute atomic E-state index is 13.2. The van der Waals surface area contributed by atoms with Crippen molar-refractivity contribution in [3.05, 3.63) is 52.1 Å². The van der Waals surface area contributed by atoms with Gasteiger partial charge in [0.1, 0.15) is 5.75 Å². The zero-order valence-electron chi connectivity index (χ0n) is 17.6. The van der Waals surface area contributed by atoms with Crippen molar-refractivity contribution in [1.29, 1.82) is 0 Å². The number of benzene rings is 2. The van der Waals surface area contributed by atoms with Crippen molar-refractivity contribution in [2.24, 2.45) is 7.05 Å². The van der Waals surface area contributed by atoms with E-state index in [1.807, 2.05) is 0 Å². The summed E-state index contributed by atoms with van der Waals surface area (Å²) >= 11 is 0.992. The van der Waals surface area contributed by atoms with Crippen molar-refractivity contribution < 1.29 is 21.6 Å². The van der Waals surface area contributed by atoms with Gasteiger partial charge in [0.2, 0.25) is 20.0 Å². The minimum Gasteiger partial charge on any atom is -0.497 e. The third-order valence-electron chi connectivity index (χ3n) is 5.51. The quantitative estimate of drug-likeness (QED) is 0.531. The first-order valence-corrected chi connectivity index (χ1v) is 13.6. The van der Waals surface area contributed by atoms with E-state index < -0.39 is 20.0 Å². The Bertz CT molecular complexity index is 1410. The Hall–Kier alpha value is -2.25. The monoisotopic (exact) mass is 497 g/mol. The Morgan fingerprint density at radius 2 is 1.41 bits per heavy atom. The molecule has 2 aromatic carbocycles. The van der Waals surface area contributed by atoms with E-state index in [9.17, 15) is 21.6 Å². The topological polar surface area (TPSA) is 106 Å². The molecule has 0 bridgehead atoms. The molecule has 1 aliphatic heterocycles. The molecule has 0 spiro atoms. The average Bonchev–Trinajstić information content (AvgIpc) is 2.95. The highest BCUT2D eigenvalue weighted by atomic mass is 32.2. The molecule has 0 N–H and O–H groups in total. The Morgan fingerprint density at radius 1 is 0.844 bits per heavy atom. The van der Waals surface area contributed by atoms with Gasteiger partial charge >= 0.3 is 4.87 Å². The van der Waals surface area contributed by atoms with Crippen LogP contribution in [0.25, 0.3) is 10.2 Å². The molecule has 1 fully saturated rings. The summed E-state index contributed by atoms with van der Waals surface area (Å²) in [7, 11) is -4.44. The van der Waals surface area contributed by atoms with Crippen LogP contribution in [0.4, 0.5) is 0 Å². The maximum Gasteiger partial charge on any atom is 0.307 e. The van der Waals surface area contributed by atoms with Crippen LogP contribution in [0.3, 0.4) is 0 Å². The van der Waals surface area contributed by atoms with Gasteiger partial charge in [0.05, 0.1) is 27.1 Å². The lowest BCUT2D eigenvalue weighted by Gasteiger charge is -2.22. The summed E-state index contributed by atoms with van der Waals surface area (Å²) in [6.45, 7) is 0.523. The second kappa shape index (κ2) is 8.60. The SMILES string of the molecule is COc1ccc(S(=O)(=O)N2CCCN(S(=O)(=O)c3ccc4c(c3)sc(=O)n4C)CC2)cc1. The molecule has 0 radical (unpaired) electrons.